The van der Waals surface area contributed by atoms with E-state index in [9.17, 15) is 9.18 Å². The molecule has 2 unspecified atom stereocenters. The van der Waals surface area contributed by atoms with Gasteiger partial charge in [-0.05, 0) is 56.5 Å². The first-order valence-corrected chi connectivity index (χ1v) is 10.9. The molecule has 2 atom stereocenters. The Balaban J connectivity index is 1.50. The summed E-state index contributed by atoms with van der Waals surface area (Å²) in [6.07, 6.45) is 2.03. The zero-order chi connectivity index (χ0) is 22.1. The van der Waals surface area contributed by atoms with Crippen LogP contribution in [-0.4, -0.2) is 48.5 Å². The van der Waals surface area contributed by atoms with Gasteiger partial charge in [0, 0.05) is 37.4 Å². The smallest absolute Gasteiger partial charge is 0.246 e. The Kier molecular flexibility index (Phi) is 8.41. The molecule has 6 nitrogen and oxygen atoms in total. The summed E-state index contributed by atoms with van der Waals surface area (Å²) in [5.41, 5.74) is 1.89. The highest BCUT2D eigenvalue weighted by molar-refractivity contribution is 5.94. The van der Waals surface area contributed by atoms with E-state index in [1.54, 1.807) is 0 Å². The summed E-state index contributed by atoms with van der Waals surface area (Å²) in [6, 6.07) is 17.0. The van der Waals surface area contributed by atoms with Crippen LogP contribution in [0, 0.1) is 5.82 Å². The molecule has 1 amide bonds. The average molecular weight is 426 g/mol. The zero-order valence-corrected chi connectivity index (χ0v) is 18.3. The van der Waals surface area contributed by atoms with Gasteiger partial charge in [-0.1, -0.05) is 30.3 Å². The number of carbonyl (C=O) groups excluding carboxylic acids is 1. The molecule has 1 aliphatic heterocycles. The van der Waals surface area contributed by atoms with Gasteiger partial charge < -0.3 is 16.0 Å². The Morgan fingerprint density at radius 2 is 1.90 bits per heavy atom. The number of nitrogens with one attached hydrogen (secondary N) is 3. The lowest BCUT2D eigenvalue weighted by Gasteiger charge is -2.38. The summed E-state index contributed by atoms with van der Waals surface area (Å²) < 4.78 is 13.0. The highest BCUT2D eigenvalue weighted by Crippen LogP contribution is 2.20. The van der Waals surface area contributed by atoms with Crippen molar-refractivity contribution in [2.24, 2.45) is 4.99 Å². The number of nitrogens with zero attached hydrogens (tertiary/aromatic N) is 2. The topological polar surface area (TPSA) is 68.8 Å². The summed E-state index contributed by atoms with van der Waals surface area (Å²) in [7, 11) is 0. The number of amides is 1. The highest BCUT2D eigenvalue weighted by Gasteiger charge is 2.26. The number of benzene rings is 2. The predicted molar refractivity (Wildman–Crippen MR) is 123 cm³/mol. The second kappa shape index (κ2) is 11.5. The Morgan fingerprint density at radius 3 is 2.58 bits per heavy atom. The van der Waals surface area contributed by atoms with Crippen LogP contribution in [0.15, 0.2) is 59.6 Å². The summed E-state index contributed by atoms with van der Waals surface area (Å²) >= 11 is 0. The highest BCUT2D eigenvalue weighted by atomic mass is 19.1. The maximum absolute atomic E-state index is 13.0. The molecule has 1 saturated heterocycles. The molecule has 166 valence electrons. The van der Waals surface area contributed by atoms with Gasteiger partial charge in [0.1, 0.15) is 12.4 Å². The lowest BCUT2D eigenvalue weighted by atomic mass is 9.97. The second-order valence-corrected chi connectivity index (χ2v) is 7.92. The van der Waals surface area contributed by atoms with E-state index < -0.39 is 0 Å². The monoisotopic (exact) mass is 425 g/mol. The largest absolute Gasteiger partial charge is 0.357 e. The maximum Gasteiger partial charge on any atom is 0.246 e. The minimum Gasteiger partial charge on any atom is -0.357 e. The number of anilines is 1. The third-order valence-corrected chi connectivity index (χ3v) is 5.44. The quantitative estimate of drug-likeness (QED) is 0.470. The number of aliphatic imine (C=N–C) groups is 1. The van der Waals surface area contributed by atoms with Crippen molar-refractivity contribution in [3.05, 3.63) is 66.0 Å². The Bertz CT molecular complexity index is 856. The predicted octanol–water partition coefficient (Wildman–Crippen LogP) is 3.37. The van der Waals surface area contributed by atoms with Crippen LogP contribution in [0.4, 0.5) is 10.1 Å². The van der Waals surface area contributed by atoms with Crippen molar-refractivity contribution in [1.29, 1.82) is 0 Å². The van der Waals surface area contributed by atoms with E-state index in [-0.39, 0.29) is 18.3 Å². The molecule has 7 heteroatoms. The van der Waals surface area contributed by atoms with Gasteiger partial charge in [0.05, 0.1) is 0 Å². The number of hydrogen-bond donors (Lipinski definition) is 3. The number of carbonyl (C=O) groups is 1. The number of likely N-dealkylation sites (tertiary alicyclic amines) is 1. The molecule has 0 aromatic heterocycles. The van der Waals surface area contributed by atoms with E-state index in [0.29, 0.717) is 30.3 Å². The molecule has 0 saturated carbocycles. The summed E-state index contributed by atoms with van der Waals surface area (Å²) in [6.45, 7) is 6.95. The molecule has 0 bridgehead atoms. The van der Waals surface area contributed by atoms with Gasteiger partial charge in [-0.15, -0.1) is 0 Å². The maximum atomic E-state index is 13.0. The molecule has 2 aromatic rings. The molecule has 3 N–H and O–H groups in total. The van der Waals surface area contributed by atoms with Gasteiger partial charge in [0.25, 0.3) is 0 Å². The van der Waals surface area contributed by atoms with Crippen molar-refractivity contribution in [3.63, 3.8) is 0 Å². The van der Waals surface area contributed by atoms with E-state index in [0.717, 1.165) is 25.9 Å². The van der Waals surface area contributed by atoms with E-state index >= 15 is 0 Å². The van der Waals surface area contributed by atoms with Crippen LogP contribution in [0.2, 0.25) is 0 Å². The lowest BCUT2D eigenvalue weighted by Crippen LogP contribution is -2.51. The third-order valence-electron chi connectivity index (χ3n) is 5.44. The molecule has 31 heavy (non-hydrogen) atoms. The SMILES string of the molecule is CCNC(=NCC(=O)Nc1ccc(F)cc1)NC1CCN(Cc2ccccc2)C(C)C1. The molecule has 3 rings (SSSR count). The van der Waals surface area contributed by atoms with E-state index in [1.807, 2.05) is 13.0 Å². The second-order valence-electron chi connectivity index (χ2n) is 7.92. The number of guanidine groups is 1. The van der Waals surface area contributed by atoms with Crippen LogP contribution in [0.1, 0.15) is 32.3 Å². The van der Waals surface area contributed by atoms with Crippen molar-refractivity contribution in [3.8, 4) is 0 Å². The molecule has 1 fully saturated rings. The molecular formula is C24H32FN5O. The number of rotatable bonds is 7. The third kappa shape index (κ3) is 7.36. The molecular weight excluding hydrogens is 393 g/mol. The first-order chi connectivity index (χ1) is 15.0. The van der Waals surface area contributed by atoms with Crippen molar-refractivity contribution >= 4 is 17.6 Å². The van der Waals surface area contributed by atoms with Crippen LogP contribution in [0.25, 0.3) is 0 Å². The molecule has 0 radical (unpaired) electrons. The van der Waals surface area contributed by atoms with Gasteiger partial charge >= 0.3 is 0 Å². The standard InChI is InChI=1S/C24H32FN5O/c1-3-26-24(27-16-23(31)28-21-11-9-20(25)10-12-21)29-22-13-14-30(18(2)15-22)17-19-7-5-4-6-8-19/h4-12,18,22H,3,13-17H2,1-2H3,(H,28,31)(H2,26,27,29). The van der Waals surface area contributed by atoms with Crippen molar-refractivity contribution in [1.82, 2.24) is 15.5 Å². The first-order valence-electron chi connectivity index (χ1n) is 10.9. The number of halogens is 1. The molecule has 0 aliphatic carbocycles. The van der Waals surface area contributed by atoms with Gasteiger partial charge in [-0.3, -0.25) is 9.69 Å². The van der Waals surface area contributed by atoms with Crippen LogP contribution in [-0.2, 0) is 11.3 Å². The molecule has 1 aliphatic rings. The van der Waals surface area contributed by atoms with Crippen LogP contribution >= 0.6 is 0 Å². The van der Waals surface area contributed by atoms with Crippen molar-refractivity contribution < 1.29 is 9.18 Å². The first kappa shape index (κ1) is 22.7. The minimum atomic E-state index is -0.335. The fraction of sp³-hybridized carbons (Fsp3) is 0.417. The van der Waals surface area contributed by atoms with Gasteiger partial charge in [-0.2, -0.15) is 0 Å². The summed E-state index contributed by atoms with van der Waals surface area (Å²) in [5, 5.41) is 9.43. The molecule has 1 heterocycles. The van der Waals surface area contributed by atoms with Crippen LogP contribution in [0.5, 0.6) is 0 Å². The Hall–Kier alpha value is -2.93. The molecule has 2 aromatic carbocycles. The minimum absolute atomic E-state index is 0.00485. The average Bonchev–Trinajstić information content (AvgIpc) is 2.76. The number of hydrogen-bond acceptors (Lipinski definition) is 3. The van der Waals surface area contributed by atoms with E-state index in [2.05, 4.69) is 57.0 Å². The fourth-order valence-corrected chi connectivity index (χ4v) is 3.80. The van der Waals surface area contributed by atoms with Crippen LogP contribution < -0.4 is 16.0 Å². The van der Waals surface area contributed by atoms with Gasteiger partial charge in [-0.25, -0.2) is 9.38 Å². The lowest BCUT2D eigenvalue weighted by molar-refractivity contribution is -0.114. The van der Waals surface area contributed by atoms with Crippen LogP contribution in [0.3, 0.4) is 0 Å². The Labute approximate surface area is 183 Å². The van der Waals surface area contributed by atoms with Gasteiger partial charge in [0.2, 0.25) is 5.91 Å². The summed E-state index contributed by atoms with van der Waals surface area (Å²) in [5.74, 6) is 0.0685. The van der Waals surface area contributed by atoms with E-state index in [4.69, 9.17) is 0 Å². The molecule has 0 spiro atoms. The fourth-order valence-electron chi connectivity index (χ4n) is 3.80. The van der Waals surface area contributed by atoms with Gasteiger partial charge in [0.15, 0.2) is 5.96 Å². The number of piperidine rings is 1. The summed E-state index contributed by atoms with van der Waals surface area (Å²) in [4.78, 5) is 19.1. The van der Waals surface area contributed by atoms with Crippen molar-refractivity contribution in [2.45, 2.75) is 45.3 Å². The van der Waals surface area contributed by atoms with Crippen molar-refractivity contribution in [2.75, 3.05) is 25.0 Å². The Morgan fingerprint density at radius 1 is 1.16 bits per heavy atom. The zero-order valence-electron chi connectivity index (χ0n) is 18.3. The normalized spacial score (nSPS) is 19.6. The van der Waals surface area contributed by atoms with E-state index in [1.165, 1.54) is 29.8 Å².